The third-order valence-corrected chi connectivity index (χ3v) is 7.79. The third-order valence-electron chi connectivity index (χ3n) is 7.15. The topological polar surface area (TPSA) is 237 Å². The molecule has 15 nitrogen and oxygen atoms in total. The van der Waals surface area contributed by atoms with Crippen molar-refractivity contribution in [3.8, 4) is 0 Å². The van der Waals surface area contributed by atoms with Gasteiger partial charge in [0.15, 0.2) is 0 Å². The third kappa shape index (κ3) is 9.88. The summed E-state index contributed by atoms with van der Waals surface area (Å²) in [4.78, 5) is 88.9. The van der Waals surface area contributed by atoms with E-state index in [1.54, 1.807) is 6.26 Å². The fourth-order valence-corrected chi connectivity index (χ4v) is 5.44. The van der Waals surface area contributed by atoms with Crippen LogP contribution in [0.5, 0.6) is 0 Å². The molecule has 2 aliphatic rings. The number of hydrogen-bond acceptors (Lipinski definition) is 9. The van der Waals surface area contributed by atoms with E-state index in [2.05, 4.69) is 10.6 Å². The van der Waals surface area contributed by atoms with Crippen LogP contribution in [0.15, 0.2) is 0 Å². The van der Waals surface area contributed by atoms with Gasteiger partial charge in [0.2, 0.25) is 23.6 Å². The second-order valence-electron chi connectivity index (χ2n) is 10.1. The first-order valence-electron chi connectivity index (χ1n) is 13.5. The van der Waals surface area contributed by atoms with Crippen molar-refractivity contribution < 1.29 is 48.9 Å². The highest BCUT2D eigenvalue weighted by atomic mass is 32.2. The van der Waals surface area contributed by atoms with Crippen molar-refractivity contribution in [1.29, 1.82) is 0 Å². The maximum Gasteiger partial charge on any atom is 0.326 e. The zero-order valence-corrected chi connectivity index (χ0v) is 23.8. The Morgan fingerprint density at radius 2 is 1.41 bits per heavy atom. The molecule has 0 radical (unpaired) electrons. The number of aliphatic carboxylic acids is 3. The van der Waals surface area contributed by atoms with E-state index in [0.717, 1.165) is 0 Å². The molecule has 0 unspecified atom stereocenters. The number of thioether (sulfide) groups is 1. The minimum Gasteiger partial charge on any atom is -0.481 e. The smallest absolute Gasteiger partial charge is 0.326 e. The SMILES string of the molecule is CSCC[C@H](NC(=O)[C@H](CCC(=O)O)NC(=O)[C@@H]1CCCN1C(=O)[C@@H]1CCCN1C(=O)[C@@H](N)CCC(=O)O)C(=O)O. The molecule has 2 aliphatic heterocycles. The molecule has 16 heteroatoms. The van der Waals surface area contributed by atoms with Gasteiger partial charge < -0.3 is 41.5 Å². The van der Waals surface area contributed by atoms with E-state index in [9.17, 15) is 38.7 Å². The van der Waals surface area contributed by atoms with Crippen LogP contribution in [0.3, 0.4) is 0 Å². The zero-order valence-electron chi connectivity index (χ0n) is 23.0. The maximum atomic E-state index is 13.5. The number of nitrogens with zero attached hydrogens (tertiary/aromatic N) is 2. The number of hydrogen-bond donors (Lipinski definition) is 6. The largest absolute Gasteiger partial charge is 0.481 e. The van der Waals surface area contributed by atoms with E-state index in [1.807, 2.05) is 0 Å². The van der Waals surface area contributed by atoms with Crippen LogP contribution in [0.2, 0.25) is 0 Å². The van der Waals surface area contributed by atoms with Crippen LogP contribution in [-0.4, -0.2) is 122 Å². The molecule has 0 bridgehead atoms. The summed E-state index contributed by atoms with van der Waals surface area (Å²) in [6, 6.07) is -5.50. The van der Waals surface area contributed by atoms with Crippen molar-refractivity contribution in [3.05, 3.63) is 0 Å². The van der Waals surface area contributed by atoms with Gasteiger partial charge in [0.1, 0.15) is 24.2 Å². The van der Waals surface area contributed by atoms with Gasteiger partial charge in [0.25, 0.3) is 0 Å². The molecule has 0 aromatic carbocycles. The van der Waals surface area contributed by atoms with Crippen molar-refractivity contribution in [2.75, 3.05) is 25.1 Å². The molecule has 2 rings (SSSR count). The fourth-order valence-electron chi connectivity index (χ4n) is 4.97. The Bertz CT molecular complexity index is 1010. The molecule has 230 valence electrons. The van der Waals surface area contributed by atoms with Gasteiger partial charge >= 0.3 is 17.9 Å². The Hall–Kier alpha value is -3.40. The molecule has 0 aromatic heterocycles. The first-order chi connectivity index (χ1) is 19.4. The average molecular weight is 602 g/mol. The molecule has 5 atom stereocenters. The summed E-state index contributed by atoms with van der Waals surface area (Å²) in [6.45, 7) is 0.488. The van der Waals surface area contributed by atoms with Crippen molar-refractivity contribution in [2.24, 2.45) is 5.73 Å². The summed E-state index contributed by atoms with van der Waals surface area (Å²) in [6.07, 6.45) is 2.39. The molecule has 2 saturated heterocycles. The lowest BCUT2D eigenvalue weighted by Gasteiger charge is -2.32. The van der Waals surface area contributed by atoms with Crippen LogP contribution >= 0.6 is 11.8 Å². The summed E-state index contributed by atoms with van der Waals surface area (Å²) in [5.74, 6) is -5.65. The molecule has 4 amide bonds. The number of rotatable bonds is 16. The van der Waals surface area contributed by atoms with Gasteiger partial charge in [-0.2, -0.15) is 11.8 Å². The van der Waals surface area contributed by atoms with E-state index in [1.165, 1.54) is 21.6 Å². The number of carbonyl (C=O) groups is 7. The molecule has 0 saturated carbocycles. The molecule has 7 N–H and O–H groups in total. The van der Waals surface area contributed by atoms with E-state index < -0.39 is 78.2 Å². The lowest BCUT2D eigenvalue weighted by atomic mass is 10.1. The zero-order chi connectivity index (χ0) is 30.7. The van der Waals surface area contributed by atoms with Crippen LogP contribution in [0, 0.1) is 0 Å². The van der Waals surface area contributed by atoms with Crippen molar-refractivity contribution in [2.45, 2.75) is 88.0 Å². The van der Waals surface area contributed by atoms with Gasteiger partial charge in [0.05, 0.1) is 6.04 Å². The number of carboxylic acid groups (broad SMARTS) is 3. The summed E-state index contributed by atoms with van der Waals surface area (Å²) < 4.78 is 0. The number of amides is 4. The van der Waals surface area contributed by atoms with E-state index in [-0.39, 0.29) is 45.2 Å². The number of carboxylic acids is 3. The lowest BCUT2D eigenvalue weighted by molar-refractivity contribution is -0.147. The van der Waals surface area contributed by atoms with Gasteiger partial charge in [0, 0.05) is 25.9 Å². The van der Waals surface area contributed by atoms with Crippen LogP contribution in [0.1, 0.15) is 57.8 Å². The molecule has 0 aliphatic carbocycles. The van der Waals surface area contributed by atoms with Crippen molar-refractivity contribution in [1.82, 2.24) is 20.4 Å². The van der Waals surface area contributed by atoms with Gasteiger partial charge in [-0.25, -0.2) is 4.79 Å². The van der Waals surface area contributed by atoms with Crippen molar-refractivity contribution >= 4 is 53.3 Å². The molecule has 0 aromatic rings. The van der Waals surface area contributed by atoms with E-state index in [4.69, 9.17) is 15.9 Å². The first-order valence-corrected chi connectivity index (χ1v) is 14.9. The Kier molecular flexibility index (Phi) is 13.3. The first kappa shape index (κ1) is 33.8. The highest BCUT2D eigenvalue weighted by Gasteiger charge is 2.43. The van der Waals surface area contributed by atoms with E-state index in [0.29, 0.717) is 25.0 Å². The van der Waals surface area contributed by atoms with Gasteiger partial charge in [-0.15, -0.1) is 0 Å². The lowest BCUT2D eigenvalue weighted by Crippen LogP contribution is -2.57. The number of likely N-dealkylation sites (tertiary alicyclic amines) is 2. The molecular formula is C25H39N5O10S. The average Bonchev–Trinajstić information content (AvgIpc) is 3.61. The van der Waals surface area contributed by atoms with Crippen LogP contribution in [0.4, 0.5) is 0 Å². The van der Waals surface area contributed by atoms with Crippen LogP contribution < -0.4 is 16.4 Å². The highest BCUT2D eigenvalue weighted by Crippen LogP contribution is 2.26. The molecule has 2 heterocycles. The number of carbonyl (C=O) groups excluding carboxylic acids is 4. The standard InChI is InChI=1S/C25H39N5O10S/c1-41-13-10-16(25(39)40)28-21(35)15(7-9-20(33)34)27-22(36)17-4-2-11-29(17)24(38)18-5-3-12-30(18)23(37)14(26)6-8-19(31)32/h14-18H,2-13,26H2,1H3,(H,27,36)(H,28,35)(H,31,32)(H,33,34)(H,39,40)/t14-,15-,16-,17-,18-/m0/s1. The van der Waals surface area contributed by atoms with Crippen LogP contribution in [-0.2, 0) is 33.6 Å². The Morgan fingerprint density at radius 1 is 0.829 bits per heavy atom. The second-order valence-corrected chi connectivity index (χ2v) is 11.1. The van der Waals surface area contributed by atoms with E-state index >= 15 is 0 Å². The highest BCUT2D eigenvalue weighted by molar-refractivity contribution is 7.98. The monoisotopic (exact) mass is 601 g/mol. The Morgan fingerprint density at radius 3 is 2.00 bits per heavy atom. The van der Waals surface area contributed by atoms with Gasteiger partial charge in [-0.1, -0.05) is 0 Å². The minimum absolute atomic E-state index is 0.0832. The van der Waals surface area contributed by atoms with Crippen molar-refractivity contribution in [3.63, 3.8) is 0 Å². The second kappa shape index (κ2) is 16.1. The summed E-state index contributed by atoms with van der Waals surface area (Å²) in [5, 5.41) is 32.3. The molecule has 0 spiro atoms. The minimum atomic E-state index is -1.34. The number of nitrogens with two attached hydrogens (primary N) is 1. The fraction of sp³-hybridized carbons (Fsp3) is 0.720. The Labute approximate surface area is 241 Å². The molecule has 41 heavy (non-hydrogen) atoms. The predicted molar refractivity (Wildman–Crippen MR) is 146 cm³/mol. The summed E-state index contributed by atoms with van der Waals surface area (Å²) in [7, 11) is 0. The summed E-state index contributed by atoms with van der Waals surface area (Å²) in [5.41, 5.74) is 5.89. The van der Waals surface area contributed by atoms with Gasteiger partial charge in [-0.05, 0) is 57.0 Å². The molecular weight excluding hydrogens is 562 g/mol. The maximum absolute atomic E-state index is 13.5. The Balaban J connectivity index is 2.13. The number of nitrogens with one attached hydrogen (secondary N) is 2. The normalized spacial score (nSPS) is 20.6. The quantitative estimate of drug-likeness (QED) is 0.123. The van der Waals surface area contributed by atoms with Gasteiger partial charge in [-0.3, -0.25) is 28.8 Å². The summed E-state index contributed by atoms with van der Waals surface area (Å²) >= 11 is 1.39. The molecule has 2 fully saturated rings. The van der Waals surface area contributed by atoms with Crippen LogP contribution in [0.25, 0.3) is 0 Å². The predicted octanol–water partition coefficient (Wildman–Crippen LogP) is -1.17.